The molecule has 0 amide bonds. The third kappa shape index (κ3) is 3.79. The standard InChI is InChI=1S/C27H30FN5O/c1-5-32(6-2)18-13-11-17(12-14-18)24-23-21(15-27(3,4)16-22(23)34)29-26-30-25(31-33(24)26)19-9-7-8-10-20(19)28/h7-14,24H,5-6,15-16H2,1-4H3,(H,29,30,31). The molecule has 0 saturated heterocycles. The maximum absolute atomic E-state index is 14.5. The molecule has 1 aromatic heterocycles. The topological polar surface area (TPSA) is 63.1 Å². The van der Waals surface area contributed by atoms with Crippen molar-refractivity contribution < 1.29 is 9.18 Å². The van der Waals surface area contributed by atoms with Gasteiger partial charge in [-0.15, -0.1) is 5.10 Å². The summed E-state index contributed by atoms with van der Waals surface area (Å²) in [6, 6.07) is 14.4. The molecule has 2 aliphatic rings. The Hall–Kier alpha value is -3.48. The van der Waals surface area contributed by atoms with Gasteiger partial charge in [0.15, 0.2) is 11.6 Å². The average molecular weight is 460 g/mol. The number of anilines is 2. The molecule has 2 aromatic carbocycles. The van der Waals surface area contributed by atoms with Gasteiger partial charge in [0.25, 0.3) is 0 Å². The summed E-state index contributed by atoms with van der Waals surface area (Å²) in [5.41, 5.74) is 3.91. The quantitative estimate of drug-likeness (QED) is 0.539. The van der Waals surface area contributed by atoms with Gasteiger partial charge in [-0.3, -0.25) is 4.79 Å². The van der Waals surface area contributed by atoms with Crippen molar-refractivity contribution in [2.24, 2.45) is 5.41 Å². The van der Waals surface area contributed by atoms with Crippen LogP contribution in [0.4, 0.5) is 16.0 Å². The number of fused-ring (bicyclic) bond motifs is 1. The molecule has 1 aliphatic heterocycles. The molecule has 34 heavy (non-hydrogen) atoms. The van der Waals surface area contributed by atoms with Gasteiger partial charge >= 0.3 is 0 Å². The first-order chi connectivity index (χ1) is 16.3. The van der Waals surface area contributed by atoms with Crippen molar-refractivity contribution in [1.29, 1.82) is 0 Å². The SMILES string of the molecule is CCN(CC)c1ccc(C2C3=C(CC(C)(C)CC3=O)Nc3nc(-c4ccccc4F)nn32)cc1. The maximum atomic E-state index is 14.5. The van der Waals surface area contributed by atoms with Gasteiger partial charge in [0, 0.05) is 36.5 Å². The maximum Gasteiger partial charge on any atom is 0.226 e. The van der Waals surface area contributed by atoms with Gasteiger partial charge in [-0.05, 0) is 55.5 Å². The van der Waals surface area contributed by atoms with Crippen molar-refractivity contribution in [2.45, 2.75) is 46.6 Å². The number of rotatable bonds is 5. The summed E-state index contributed by atoms with van der Waals surface area (Å²) in [6.45, 7) is 10.3. The summed E-state index contributed by atoms with van der Waals surface area (Å²) in [4.78, 5) is 20.3. The van der Waals surface area contributed by atoms with E-state index in [1.54, 1.807) is 22.9 Å². The Kier molecular flexibility index (Phi) is 5.50. The van der Waals surface area contributed by atoms with Crippen LogP contribution in [0.25, 0.3) is 11.4 Å². The van der Waals surface area contributed by atoms with Crippen LogP contribution in [0.3, 0.4) is 0 Å². The second kappa shape index (κ2) is 8.38. The van der Waals surface area contributed by atoms with E-state index in [1.165, 1.54) is 6.07 Å². The fourth-order valence-electron chi connectivity index (χ4n) is 5.13. The number of halogens is 1. The first-order valence-electron chi connectivity index (χ1n) is 11.9. The van der Waals surface area contributed by atoms with E-state index >= 15 is 0 Å². The predicted molar refractivity (Wildman–Crippen MR) is 132 cm³/mol. The Morgan fingerprint density at radius 3 is 2.47 bits per heavy atom. The molecule has 5 rings (SSSR count). The lowest BCUT2D eigenvalue weighted by Gasteiger charge is -2.38. The largest absolute Gasteiger partial charge is 0.372 e. The highest BCUT2D eigenvalue weighted by molar-refractivity contribution is 6.00. The van der Waals surface area contributed by atoms with Crippen molar-refractivity contribution in [2.75, 3.05) is 23.3 Å². The van der Waals surface area contributed by atoms with E-state index in [0.29, 0.717) is 23.8 Å². The van der Waals surface area contributed by atoms with E-state index in [4.69, 9.17) is 5.10 Å². The van der Waals surface area contributed by atoms with Gasteiger partial charge in [-0.1, -0.05) is 38.1 Å². The predicted octanol–water partition coefficient (Wildman–Crippen LogP) is 5.59. The van der Waals surface area contributed by atoms with Gasteiger partial charge in [0.1, 0.15) is 11.9 Å². The zero-order chi connectivity index (χ0) is 24.0. The number of allylic oxidation sites excluding steroid dienone is 2. The van der Waals surface area contributed by atoms with Crippen LogP contribution in [0, 0.1) is 11.2 Å². The van der Waals surface area contributed by atoms with Crippen LogP contribution >= 0.6 is 0 Å². The molecular weight excluding hydrogens is 429 g/mol. The Morgan fingerprint density at radius 2 is 1.79 bits per heavy atom. The van der Waals surface area contributed by atoms with Crippen molar-refractivity contribution in [3.8, 4) is 11.4 Å². The number of nitrogens with one attached hydrogen (secondary N) is 1. The van der Waals surface area contributed by atoms with Crippen LogP contribution in [0.15, 0.2) is 59.8 Å². The molecule has 0 spiro atoms. The molecule has 0 saturated carbocycles. The van der Waals surface area contributed by atoms with Crippen molar-refractivity contribution in [3.05, 3.63) is 71.2 Å². The molecule has 1 aliphatic carbocycles. The zero-order valence-corrected chi connectivity index (χ0v) is 20.1. The molecule has 0 bridgehead atoms. The summed E-state index contributed by atoms with van der Waals surface area (Å²) in [7, 11) is 0. The molecule has 6 nitrogen and oxygen atoms in total. The van der Waals surface area contributed by atoms with Crippen LogP contribution in [0.2, 0.25) is 0 Å². The molecule has 7 heteroatoms. The van der Waals surface area contributed by atoms with Crippen LogP contribution < -0.4 is 10.2 Å². The molecule has 1 N–H and O–H groups in total. The average Bonchev–Trinajstić information content (AvgIpc) is 3.22. The van der Waals surface area contributed by atoms with Gasteiger partial charge in [0.05, 0.1) is 5.56 Å². The van der Waals surface area contributed by atoms with Crippen LogP contribution in [0.1, 0.15) is 52.1 Å². The number of carbonyl (C=O) groups excluding carboxylic acids is 1. The lowest BCUT2D eigenvalue weighted by Crippen LogP contribution is -2.36. The summed E-state index contributed by atoms with van der Waals surface area (Å²) in [5.74, 6) is 0.572. The summed E-state index contributed by atoms with van der Waals surface area (Å²) in [5, 5.41) is 8.06. The van der Waals surface area contributed by atoms with E-state index < -0.39 is 6.04 Å². The Morgan fingerprint density at radius 1 is 1.09 bits per heavy atom. The van der Waals surface area contributed by atoms with Crippen LogP contribution in [-0.2, 0) is 4.79 Å². The molecule has 176 valence electrons. The van der Waals surface area contributed by atoms with Gasteiger partial charge in [-0.25, -0.2) is 9.07 Å². The monoisotopic (exact) mass is 459 g/mol. The third-order valence-electron chi connectivity index (χ3n) is 6.78. The molecule has 1 atom stereocenters. The molecule has 0 fully saturated rings. The normalized spacial score (nSPS) is 18.9. The number of benzene rings is 2. The zero-order valence-electron chi connectivity index (χ0n) is 20.1. The van der Waals surface area contributed by atoms with E-state index in [0.717, 1.165) is 42.0 Å². The van der Waals surface area contributed by atoms with Crippen molar-refractivity contribution >= 4 is 17.4 Å². The van der Waals surface area contributed by atoms with E-state index in [-0.39, 0.29) is 17.0 Å². The number of Topliss-reactive ketones (excluding diaryl/α,β-unsaturated/α-hetero) is 1. The molecule has 2 heterocycles. The minimum absolute atomic E-state index is 0.116. The fraction of sp³-hybridized carbons (Fsp3) is 0.370. The highest BCUT2D eigenvalue weighted by Gasteiger charge is 2.42. The number of hydrogen-bond acceptors (Lipinski definition) is 5. The number of ketones is 1. The van der Waals surface area contributed by atoms with Gasteiger partial charge in [0.2, 0.25) is 5.95 Å². The first-order valence-corrected chi connectivity index (χ1v) is 11.9. The van der Waals surface area contributed by atoms with Crippen molar-refractivity contribution in [1.82, 2.24) is 14.8 Å². The first kappa shape index (κ1) is 22.3. The minimum Gasteiger partial charge on any atom is -0.372 e. The molecule has 1 unspecified atom stereocenters. The summed E-state index contributed by atoms with van der Waals surface area (Å²) in [6.07, 6.45) is 1.22. The summed E-state index contributed by atoms with van der Waals surface area (Å²) >= 11 is 0. The van der Waals surface area contributed by atoms with Crippen LogP contribution in [-0.4, -0.2) is 33.6 Å². The molecular formula is C27H30FN5O. The highest BCUT2D eigenvalue weighted by Crippen LogP contribution is 2.46. The van der Waals surface area contributed by atoms with Crippen molar-refractivity contribution in [3.63, 3.8) is 0 Å². The Bertz CT molecular complexity index is 1270. The molecule has 0 radical (unpaired) electrons. The Balaban J connectivity index is 1.64. The molecule has 3 aromatic rings. The van der Waals surface area contributed by atoms with Crippen LogP contribution in [0.5, 0.6) is 0 Å². The second-order valence-corrected chi connectivity index (χ2v) is 9.81. The van der Waals surface area contributed by atoms with E-state index in [1.807, 2.05) is 0 Å². The smallest absolute Gasteiger partial charge is 0.226 e. The van der Waals surface area contributed by atoms with Gasteiger partial charge in [-0.2, -0.15) is 4.98 Å². The minimum atomic E-state index is -0.409. The van der Waals surface area contributed by atoms with E-state index in [9.17, 15) is 9.18 Å². The third-order valence-corrected chi connectivity index (χ3v) is 6.78. The number of carbonyl (C=O) groups is 1. The highest BCUT2D eigenvalue weighted by atomic mass is 19.1. The van der Waals surface area contributed by atoms with E-state index in [2.05, 4.69) is 67.2 Å². The lowest BCUT2D eigenvalue weighted by molar-refractivity contribution is -0.118. The number of aromatic nitrogens is 3. The summed E-state index contributed by atoms with van der Waals surface area (Å²) < 4.78 is 16.3. The fourth-order valence-corrected chi connectivity index (χ4v) is 5.13. The Labute approximate surface area is 199 Å². The van der Waals surface area contributed by atoms with Gasteiger partial charge < -0.3 is 10.2 Å². The second-order valence-electron chi connectivity index (χ2n) is 9.81. The number of nitrogens with zero attached hydrogens (tertiary/aromatic N) is 4. The lowest BCUT2D eigenvalue weighted by atomic mass is 9.73. The number of hydrogen-bond donors (Lipinski definition) is 1.